The van der Waals surface area contributed by atoms with Crippen molar-refractivity contribution in [1.29, 1.82) is 0 Å². The Hall–Kier alpha value is -1.06. The fraction of sp³-hybridized carbons (Fsp3) is 0.647. The highest BCUT2D eigenvalue weighted by Crippen LogP contribution is 2.28. The highest BCUT2D eigenvalue weighted by molar-refractivity contribution is 5.29. The molecule has 0 radical (unpaired) electrons. The molecule has 0 spiro atoms. The van der Waals surface area contributed by atoms with Gasteiger partial charge in [0.05, 0.1) is 6.61 Å². The molecule has 3 heteroatoms. The number of rotatable bonds is 5. The average Bonchev–Trinajstić information content (AvgIpc) is 2.45. The van der Waals surface area contributed by atoms with Crippen LogP contribution in [0.25, 0.3) is 0 Å². The average molecular weight is 276 g/mol. The van der Waals surface area contributed by atoms with E-state index in [1.54, 1.807) is 0 Å². The molecule has 0 aromatic heterocycles. The molecule has 1 aliphatic rings. The van der Waals surface area contributed by atoms with Crippen molar-refractivity contribution in [1.82, 2.24) is 4.90 Å². The number of hydrogen-bond donors (Lipinski definition) is 1. The van der Waals surface area contributed by atoms with Crippen molar-refractivity contribution in [3.8, 4) is 5.75 Å². The van der Waals surface area contributed by atoms with E-state index in [2.05, 4.69) is 49.9 Å². The molecule has 112 valence electrons. The summed E-state index contributed by atoms with van der Waals surface area (Å²) >= 11 is 0. The summed E-state index contributed by atoms with van der Waals surface area (Å²) in [6, 6.07) is 9.93. The van der Waals surface area contributed by atoms with Gasteiger partial charge < -0.3 is 10.5 Å². The smallest absolute Gasteiger partial charge is 0.119 e. The summed E-state index contributed by atoms with van der Waals surface area (Å²) in [5.74, 6) is 0.969. The van der Waals surface area contributed by atoms with Crippen LogP contribution in [0.5, 0.6) is 5.75 Å². The second kappa shape index (κ2) is 7.09. The molecule has 0 amide bonds. The van der Waals surface area contributed by atoms with Gasteiger partial charge in [-0.25, -0.2) is 0 Å². The van der Waals surface area contributed by atoms with Crippen molar-refractivity contribution < 1.29 is 4.74 Å². The largest absolute Gasteiger partial charge is 0.494 e. The lowest BCUT2D eigenvalue weighted by molar-refractivity contribution is 0.104. The molecule has 20 heavy (non-hydrogen) atoms. The van der Waals surface area contributed by atoms with Gasteiger partial charge in [0.1, 0.15) is 5.75 Å². The van der Waals surface area contributed by atoms with Gasteiger partial charge in [-0.05, 0) is 50.8 Å². The SMILES string of the molecule is CCCOc1ccc(C(C)N2CCC(N)CC2C)cc1. The Balaban J connectivity index is 1.99. The summed E-state index contributed by atoms with van der Waals surface area (Å²) < 4.78 is 5.64. The summed E-state index contributed by atoms with van der Waals surface area (Å²) in [5, 5.41) is 0. The first-order valence-electron chi connectivity index (χ1n) is 7.86. The van der Waals surface area contributed by atoms with E-state index in [1.807, 2.05) is 0 Å². The Morgan fingerprint density at radius 3 is 2.65 bits per heavy atom. The van der Waals surface area contributed by atoms with E-state index in [4.69, 9.17) is 10.5 Å². The zero-order valence-corrected chi connectivity index (χ0v) is 13.0. The number of ether oxygens (including phenoxy) is 1. The molecule has 1 aromatic rings. The molecule has 1 aromatic carbocycles. The first kappa shape index (κ1) is 15.3. The molecule has 0 aliphatic carbocycles. The van der Waals surface area contributed by atoms with Gasteiger partial charge in [-0.2, -0.15) is 0 Å². The number of piperidine rings is 1. The first-order valence-corrected chi connectivity index (χ1v) is 7.86. The van der Waals surface area contributed by atoms with E-state index in [-0.39, 0.29) is 0 Å². The molecule has 2 rings (SSSR count). The highest BCUT2D eigenvalue weighted by Gasteiger charge is 2.27. The zero-order valence-electron chi connectivity index (χ0n) is 13.0. The summed E-state index contributed by atoms with van der Waals surface area (Å²) in [4.78, 5) is 2.56. The van der Waals surface area contributed by atoms with Gasteiger partial charge in [-0.15, -0.1) is 0 Å². The van der Waals surface area contributed by atoms with Crippen molar-refractivity contribution in [3.05, 3.63) is 29.8 Å². The lowest BCUT2D eigenvalue weighted by Crippen LogP contribution is -2.46. The van der Waals surface area contributed by atoms with Gasteiger partial charge in [-0.1, -0.05) is 19.1 Å². The van der Waals surface area contributed by atoms with Crippen LogP contribution in [-0.2, 0) is 0 Å². The fourth-order valence-electron chi connectivity index (χ4n) is 3.06. The second-order valence-corrected chi connectivity index (χ2v) is 5.96. The first-order chi connectivity index (χ1) is 9.61. The second-order valence-electron chi connectivity index (χ2n) is 5.96. The minimum Gasteiger partial charge on any atom is -0.494 e. The van der Waals surface area contributed by atoms with Crippen molar-refractivity contribution in [2.45, 2.75) is 58.2 Å². The van der Waals surface area contributed by atoms with Crippen LogP contribution in [0.4, 0.5) is 0 Å². The highest BCUT2D eigenvalue weighted by atomic mass is 16.5. The fourth-order valence-corrected chi connectivity index (χ4v) is 3.06. The number of nitrogens with two attached hydrogens (primary N) is 1. The maximum atomic E-state index is 6.05. The quantitative estimate of drug-likeness (QED) is 0.896. The third-order valence-electron chi connectivity index (χ3n) is 4.30. The lowest BCUT2D eigenvalue weighted by atomic mass is 9.95. The van der Waals surface area contributed by atoms with E-state index >= 15 is 0 Å². The molecule has 1 aliphatic heterocycles. The molecule has 3 nitrogen and oxygen atoms in total. The predicted octanol–water partition coefficient (Wildman–Crippen LogP) is 3.35. The van der Waals surface area contributed by atoms with Crippen LogP contribution < -0.4 is 10.5 Å². The van der Waals surface area contributed by atoms with Gasteiger partial charge in [0.15, 0.2) is 0 Å². The number of benzene rings is 1. The Bertz CT molecular complexity index is 404. The third-order valence-corrected chi connectivity index (χ3v) is 4.30. The summed E-state index contributed by atoms with van der Waals surface area (Å²) in [7, 11) is 0. The maximum absolute atomic E-state index is 6.05. The summed E-state index contributed by atoms with van der Waals surface area (Å²) in [6.45, 7) is 8.58. The zero-order chi connectivity index (χ0) is 14.5. The molecule has 1 fully saturated rings. The van der Waals surface area contributed by atoms with E-state index in [9.17, 15) is 0 Å². The van der Waals surface area contributed by atoms with Crippen LogP contribution in [0, 0.1) is 0 Å². The van der Waals surface area contributed by atoms with Crippen LogP contribution >= 0.6 is 0 Å². The van der Waals surface area contributed by atoms with Gasteiger partial charge in [0, 0.05) is 24.7 Å². The Morgan fingerprint density at radius 1 is 1.35 bits per heavy atom. The number of likely N-dealkylation sites (tertiary alicyclic amines) is 1. The van der Waals surface area contributed by atoms with Crippen LogP contribution in [-0.4, -0.2) is 30.1 Å². The summed E-state index contributed by atoms with van der Waals surface area (Å²) in [6.07, 6.45) is 3.25. The molecule has 0 bridgehead atoms. The standard InChI is InChI=1S/C17H28N2O/c1-4-11-20-17-7-5-15(6-8-17)14(3)19-10-9-16(18)12-13(19)2/h5-8,13-14,16H,4,9-12,18H2,1-3H3. The van der Waals surface area contributed by atoms with Crippen molar-refractivity contribution in [3.63, 3.8) is 0 Å². The van der Waals surface area contributed by atoms with Gasteiger partial charge in [0.2, 0.25) is 0 Å². The van der Waals surface area contributed by atoms with Crippen LogP contribution in [0.2, 0.25) is 0 Å². The van der Waals surface area contributed by atoms with Gasteiger partial charge in [-0.3, -0.25) is 4.90 Å². The minimum atomic E-state index is 0.373. The molecular formula is C17H28N2O. The van der Waals surface area contributed by atoms with Gasteiger partial charge in [0.25, 0.3) is 0 Å². The lowest BCUT2D eigenvalue weighted by Gasteiger charge is -2.40. The van der Waals surface area contributed by atoms with E-state index in [1.165, 1.54) is 5.56 Å². The molecule has 3 atom stereocenters. The predicted molar refractivity (Wildman–Crippen MR) is 84.0 cm³/mol. The van der Waals surface area contributed by atoms with Crippen LogP contribution in [0.3, 0.4) is 0 Å². The molecule has 1 saturated heterocycles. The van der Waals surface area contributed by atoms with Gasteiger partial charge >= 0.3 is 0 Å². The van der Waals surface area contributed by atoms with Crippen LogP contribution in [0.1, 0.15) is 51.6 Å². The normalized spacial score (nSPS) is 25.4. The molecule has 1 heterocycles. The Kier molecular flexibility index (Phi) is 5.44. The molecule has 0 saturated carbocycles. The van der Waals surface area contributed by atoms with Crippen molar-refractivity contribution in [2.24, 2.45) is 5.73 Å². The monoisotopic (exact) mass is 276 g/mol. The van der Waals surface area contributed by atoms with Crippen molar-refractivity contribution in [2.75, 3.05) is 13.2 Å². The summed E-state index contributed by atoms with van der Waals surface area (Å²) in [5.41, 5.74) is 7.41. The van der Waals surface area contributed by atoms with Crippen molar-refractivity contribution >= 4 is 0 Å². The molecule has 2 N–H and O–H groups in total. The third kappa shape index (κ3) is 3.74. The molecule has 3 unspecified atom stereocenters. The van der Waals surface area contributed by atoms with Crippen LogP contribution in [0.15, 0.2) is 24.3 Å². The number of hydrogen-bond acceptors (Lipinski definition) is 3. The minimum absolute atomic E-state index is 0.373. The van der Waals surface area contributed by atoms with E-state index < -0.39 is 0 Å². The molecular weight excluding hydrogens is 248 g/mol. The topological polar surface area (TPSA) is 38.5 Å². The Labute approximate surface area is 123 Å². The van der Waals surface area contributed by atoms with E-state index in [0.717, 1.165) is 38.2 Å². The number of nitrogens with zero attached hydrogens (tertiary/aromatic N) is 1. The Morgan fingerprint density at radius 2 is 2.05 bits per heavy atom. The maximum Gasteiger partial charge on any atom is 0.119 e. The van der Waals surface area contributed by atoms with E-state index in [0.29, 0.717) is 18.1 Å².